The number of primary amides is 1. The molecule has 0 unspecified atom stereocenters. The topological polar surface area (TPSA) is 55.1 Å². The molecule has 0 radical (unpaired) electrons. The summed E-state index contributed by atoms with van der Waals surface area (Å²) in [6.07, 6.45) is 2.34. The third-order valence-corrected chi connectivity index (χ3v) is 1.17. The zero-order valence-corrected chi connectivity index (χ0v) is 8.26. The monoisotopic (exact) mass is 172 g/mol. The number of hydrogen-bond acceptors (Lipinski definition) is 2. The van der Waals surface area contributed by atoms with E-state index in [2.05, 4.69) is 31.5 Å². The second-order valence-corrected chi connectivity index (χ2v) is 2.89. The lowest BCUT2D eigenvalue weighted by atomic mass is 10.1. The van der Waals surface area contributed by atoms with E-state index in [9.17, 15) is 4.79 Å². The number of hydrogen-bond donors (Lipinski definition) is 2. The minimum atomic E-state index is -0.481. The molecule has 3 nitrogen and oxygen atoms in total. The van der Waals surface area contributed by atoms with Gasteiger partial charge in [-0.3, -0.25) is 4.79 Å². The molecule has 3 N–H and O–H groups in total. The number of carbonyl (C=O) groups is 1. The van der Waals surface area contributed by atoms with Crippen molar-refractivity contribution in [2.45, 2.75) is 20.3 Å². The average Bonchev–Trinajstić information content (AvgIpc) is 2.02. The molecule has 3 heteroatoms. The maximum Gasteiger partial charge on any atom is 0.240 e. The molecule has 12 heavy (non-hydrogen) atoms. The minimum Gasteiger partial charge on any atom is -0.366 e. The number of carbonyl (C=O) groups excluding carboxylic acids is 1. The summed E-state index contributed by atoms with van der Waals surface area (Å²) in [7, 11) is 1.99. The Labute approximate surface area is 75.0 Å². The van der Waals surface area contributed by atoms with Crippen LogP contribution in [0.3, 0.4) is 0 Å². The highest BCUT2D eigenvalue weighted by atomic mass is 16.1. The largest absolute Gasteiger partial charge is 0.366 e. The van der Waals surface area contributed by atoms with E-state index in [0.717, 1.165) is 18.5 Å². The van der Waals surface area contributed by atoms with Crippen LogP contribution in [0.2, 0.25) is 0 Å². The van der Waals surface area contributed by atoms with E-state index in [-0.39, 0.29) is 0 Å². The molecule has 1 amide bonds. The van der Waals surface area contributed by atoms with Gasteiger partial charge in [-0.1, -0.05) is 20.4 Å². The molecule has 0 aliphatic rings. The zero-order valence-electron chi connectivity index (χ0n) is 8.26. The van der Waals surface area contributed by atoms with Gasteiger partial charge in [0.05, 0.1) is 0 Å². The molecule has 0 spiro atoms. The Morgan fingerprint density at radius 2 is 2.08 bits per heavy atom. The van der Waals surface area contributed by atoms with Gasteiger partial charge in [0.15, 0.2) is 0 Å². The van der Waals surface area contributed by atoms with Crippen LogP contribution in [0.25, 0.3) is 0 Å². The number of nitrogens with one attached hydrogen (secondary N) is 1. The molecule has 0 atom stereocenters. The van der Waals surface area contributed by atoms with Crippen molar-refractivity contribution in [1.82, 2.24) is 5.32 Å². The lowest BCUT2D eigenvalue weighted by Crippen LogP contribution is -2.09. The van der Waals surface area contributed by atoms with Crippen molar-refractivity contribution < 1.29 is 4.79 Å². The van der Waals surface area contributed by atoms with Crippen LogP contribution in [0.1, 0.15) is 20.3 Å². The maximum absolute atomic E-state index is 9.47. The van der Waals surface area contributed by atoms with E-state index in [1.165, 1.54) is 6.42 Å². The summed E-state index contributed by atoms with van der Waals surface area (Å²) in [5, 5.41) is 3.10. The first kappa shape index (κ1) is 13.7. The molecule has 0 aliphatic heterocycles. The van der Waals surface area contributed by atoms with E-state index in [4.69, 9.17) is 0 Å². The minimum absolute atomic E-state index is 0.481. The average molecular weight is 172 g/mol. The number of rotatable bonds is 4. The molecule has 0 aromatic rings. The third-order valence-electron chi connectivity index (χ3n) is 1.17. The van der Waals surface area contributed by atoms with Crippen molar-refractivity contribution in [1.29, 1.82) is 0 Å². The van der Waals surface area contributed by atoms with Crippen LogP contribution in [-0.2, 0) is 4.79 Å². The van der Waals surface area contributed by atoms with Gasteiger partial charge in [-0.05, 0) is 32.0 Å². The SMILES string of the molecule is C=CC(N)=O.CNCCC(C)C. The smallest absolute Gasteiger partial charge is 0.240 e. The van der Waals surface area contributed by atoms with Crippen molar-refractivity contribution in [3.05, 3.63) is 12.7 Å². The Bertz CT molecular complexity index is 122. The Hall–Kier alpha value is -0.830. The van der Waals surface area contributed by atoms with Crippen LogP contribution in [0.4, 0.5) is 0 Å². The maximum atomic E-state index is 9.47. The van der Waals surface area contributed by atoms with Crippen molar-refractivity contribution in [3.8, 4) is 0 Å². The van der Waals surface area contributed by atoms with Crippen LogP contribution in [0.5, 0.6) is 0 Å². The quantitative estimate of drug-likeness (QED) is 0.619. The summed E-state index contributed by atoms with van der Waals surface area (Å²) in [5.74, 6) is 0.359. The standard InChI is InChI=1S/C6H15N.C3H5NO/c1-6(2)4-5-7-3;1-2-3(4)5/h6-7H,4-5H2,1-3H3;2H,1H2,(H2,4,5). The molecule has 0 aromatic carbocycles. The van der Waals surface area contributed by atoms with Crippen LogP contribution in [0, 0.1) is 5.92 Å². The molecule has 0 aromatic heterocycles. The molecule has 72 valence electrons. The van der Waals surface area contributed by atoms with Crippen molar-refractivity contribution in [2.75, 3.05) is 13.6 Å². The molecule has 0 fully saturated rings. The van der Waals surface area contributed by atoms with Crippen LogP contribution in [-0.4, -0.2) is 19.5 Å². The second-order valence-electron chi connectivity index (χ2n) is 2.89. The molecular formula is C9H20N2O. The van der Waals surface area contributed by atoms with Gasteiger partial charge in [-0.2, -0.15) is 0 Å². The Morgan fingerprint density at radius 1 is 1.67 bits per heavy atom. The van der Waals surface area contributed by atoms with Gasteiger partial charge in [0, 0.05) is 0 Å². The van der Waals surface area contributed by atoms with Crippen molar-refractivity contribution >= 4 is 5.91 Å². The van der Waals surface area contributed by atoms with E-state index in [0.29, 0.717) is 0 Å². The highest BCUT2D eigenvalue weighted by molar-refractivity contribution is 5.84. The molecule has 0 heterocycles. The zero-order chi connectivity index (χ0) is 9.98. The van der Waals surface area contributed by atoms with Crippen LogP contribution >= 0.6 is 0 Å². The first-order chi connectivity index (χ1) is 5.54. The van der Waals surface area contributed by atoms with Gasteiger partial charge < -0.3 is 11.1 Å². The van der Waals surface area contributed by atoms with Gasteiger partial charge in [0.2, 0.25) is 5.91 Å². The molecule has 0 aliphatic carbocycles. The Balaban J connectivity index is 0. The molecular weight excluding hydrogens is 152 g/mol. The van der Waals surface area contributed by atoms with Gasteiger partial charge in [0.25, 0.3) is 0 Å². The van der Waals surface area contributed by atoms with Crippen LogP contribution < -0.4 is 11.1 Å². The fraction of sp³-hybridized carbons (Fsp3) is 0.667. The van der Waals surface area contributed by atoms with Gasteiger partial charge in [-0.15, -0.1) is 0 Å². The molecule has 0 bridgehead atoms. The van der Waals surface area contributed by atoms with Crippen molar-refractivity contribution in [3.63, 3.8) is 0 Å². The fourth-order valence-corrected chi connectivity index (χ4v) is 0.433. The number of amides is 1. The van der Waals surface area contributed by atoms with E-state index in [1.54, 1.807) is 0 Å². The Morgan fingerprint density at radius 3 is 2.17 bits per heavy atom. The molecule has 0 rings (SSSR count). The summed E-state index contributed by atoms with van der Waals surface area (Å²) in [5.41, 5.74) is 4.53. The fourth-order valence-electron chi connectivity index (χ4n) is 0.433. The van der Waals surface area contributed by atoms with Gasteiger partial charge in [0.1, 0.15) is 0 Å². The predicted octanol–water partition coefficient (Wildman–Crippen LogP) is 0.910. The summed E-state index contributed by atoms with van der Waals surface area (Å²) in [4.78, 5) is 9.47. The first-order valence-corrected chi connectivity index (χ1v) is 4.11. The highest BCUT2D eigenvalue weighted by Crippen LogP contribution is 1.94. The summed E-state index contributed by atoms with van der Waals surface area (Å²) >= 11 is 0. The van der Waals surface area contributed by atoms with Crippen LogP contribution in [0.15, 0.2) is 12.7 Å². The van der Waals surface area contributed by atoms with Crippen molar-refractivity contribution in [2.24, 2.45) is 11.7 Å². The summed E-state index contributed by atoms with van der Waals surface area (Å²) in [6.45, 7) is 8.70. The lowest BCUT2D eigenvalue weighted by Gasteiger charge is -2.00. The normalized spacial score (nSPS) is 8.67. The highest BCUT2D eigenvalue weighted by Gasteiger charge is 1.88. The summed E-state index contributed by atoms with van der Waals surface area (Å²) < 4.78 is 0. The molecule has 0 saturated heterocycles. The van der Waals surface area contributed by atoms with E-state index >= 15 is 0 Å². The molecule has 0 saturated carbocycles. The summed E-state index contributed by atoms with van der Waals surface area (Å²) in [6, 6.07) is 0. The third kappa shape index (κ3) is 22.9. The second kappa shape index (κ2) is 10.2. The lowest BCUT2D eigenvalue weighted by molar-refractivity contribution is -0.113. The van der Waals surface area contributed by atoms with E-state index < -0.39 is 5.91 Å². The first-order valence-electron chi connectivity index (χ1n) is 4.11. The van der Waals surface area contributed by atoms with E-state index in [1.807, 2.05) is 7.05 Å². The van der Waals surface area contributed by atoms with Gasteiger partial charge in [-0.25, -0.2) is 0 Å². The van der Waals surface area contributed by atoms with Gasteiger partial charge >= 0.3 is 0 Å². The predicted molar refractivity (Wildman–Crippen MR) is 52.8 cm³/mol. The number of nitrogens with two attached hydrogens (primary N) is 1. The Kier molecular flexibility index (Phi) is 11.6.